The van der Waals surface area contributed by atoms with Crippen LogP contribution in [0, 0.1) is 0 Å². The van der Waals surface area contributed by atoms with Crippen LogP contribution in [0.5, 0.6) is 0 Å². The second kappa shape index (κ2) is 11.0. The van der Waals surface area contributed by atoms with Crippen molar-refractivity contribution in [1.82, 2.24) is 15.3 Å². The highest BCUT2D eigenvalue weighted by Crippen LogP contribution is 2.29. The molecule has 0 unspecified atom stereocenters. The topological polar surface area (TPSA) is 108 Å². The van der Waals surface area contributed by atoms with Gasteiger partial charge in [-0.05, 0) is 55.2 Å². The van der Waals surface area contributed by atoms with Gasteiger partial charge in [-0.2, -0.15) is 4.98 Å². The minimum absolute atomic E-state index is 0.0375. The number of para-hydroxylation sites is 1. The van der Waals surface area contributed by atoms with E-state index in [9.17, 15) is 9.59 Å². The number of aromatic nitrogens is 2. The van der Waals surface area contributed by atoms with Crippen LogP contribution in [0.15, 0.2) is 48.7 Å². The number of hydrogen-bond donors (Lipinski definition) is 4. The van der Waals surface area contributed by atoms with E-state index in [2.05, 4.69) is 38.2 Å². The quantitative estimate of drug-likeness (QED) is 0.322. The first-order chi connectivity index (χ1) is 16.5. The van der Waals surface area contributed by atoms with Crippen LogP contribution in [-0.2, 0) is 11.2 Å². The van der Waals surface area contributed by atoms with Crippen LogP contribution < -0.4 is 21.3 Å². The van der Waals surface area contributed by atoms with E-state index >= 15 is 0 Å². The molecular weight excluding hydrogens is 452 g/mol. The molecule has 0 radical (unpaired) electrons. The Bertz CT molecular complexity index is 1200. The van der Waals surface area contributed by atoms with Crippen LogP contribution >= 0.6 is 11.6 Å². The molecule has 4 rings (SSSR count). The summed E-state index contributed by atoms with van der Waals surface area (Å²) < 4.78 is 0. The minimum atomic E-state index is -0.155. The first kappa shape index (κ1) is 23.5. The van der Waals surface area contributed by atoms with E-state index in [0.29, 0.717) is 41.0 Å². The van der Waals surface area contributed by atoms with Crippen molar-refractivity contribution < 1.29 is 9.59 Å². The number of hydrogen-bond acceptors (Lipinski definition) is 6. The summed E-state index contributed by atoms with van der Waals surface area (Å²) in [6.45, 7) is 2.70. The summed E-state index contributed by atoms with van der Waals surface area (Å²) in [6.07, 6.45) is 5.57. The van der Waals surface area contributed by atoms with Gasteiger partial charge in [-0.15, -0.1) is 0 Å². The van der Waals surface area contributed by atoms with E-state index in [1.165, 1.54) is 6.20 Å². The zero-order chi connectivity index (χ0) is 23.9. The highest BCUT2D eigenvalue weighted by Gasteiger charge is 2.15. The first-order valence-electron chi connectivity index (χ1n) is 11.4. The van der Waals surface area contributed by atoms with Crippen molar-refractivity contribution in [2.75, 3.05) is 22.5 Å². The Balaban J connectivity index is 1.52. The molecule has 4 N–H and O–H groups in total. The molecule has 0 fully saturated rings. The highest BCUT2D eigenvalue weighted by atomic mass is 35.5. The van der Waals surface area contributed by atoms with Gasteiger partial charge in [-0.25, -0.2) is 4.98 Å². The molecule has 0 saturated heterocycles. The van der Waals surface area contributed by atoms with Crippen LogP contribution in [-0.4, -0.2) is 28.3 Å². The molecule has 3 aromatic rings. The second-order valence-corrected chi connectivity index (χ2v) is 8.48. The van der Waals surface area contributed by atoms with Gasteiger partial charge in [0.1, 0.15) is 5.02 Å². The lowest BCUT2D eigenvalue weighted by Crippen LogP contribution is -2.25. The number of halogens is 1. The number of fused-ring (bicyclic) bond motifs is 1. The van der Waals surface area contributed by atoms with Gasteiger partial charge in [-0.1, -0.05) is 37.1 Å². The standard InChI is InChI=1S/C25H27ClN6O2/c1-2-3-13-27-24(34)18-8-4-5-9-21(18)31-23-19(26)15-28-25(32-23)29-17-11-12-20-16(14-17)7-6-10-22(33)30-20/h4-5,8-9,11-12,14-15H,2-3,6-7,10,13H2,1H3,(H,27,34)(H,30,33)(H2,28,29,31,32). The number of carbonyl (C=O) groups excluding carboxylic acids is 2. The van der Waals surface area contributed by atoms with Crippen molar-refractivity contribution in [3.63, 3.8) is 0 Å². The average Bonchev–Trinajstić information content (AvgIpc) is 3.02. The fraction of sp³-hybridized carbons (Fsp3) is 0.280. The number of amides is 2. The summed E-state index contributed by atoms with van der Waals surface area (Å²) in [5.41, 5.74) is 3.81. The molecule has 0 atom stereocenters. The minimum Gasteiger partial charge on any atom is -0.352 e. The number of unbranched alkanes of at least 4 members (excludes halogenated alkanes) is 1. The highest BCUT2D eigenvalue weighted by molar-refractivity contribution is 6.33. The van der Waals surface area contributed by atoms with Crippen LogP contribution in [0.1, 0.15) is 48.5 Å². The molecule has 0 saturated carbocycles. The Morgan fingerprint density at radius 3 is 2.85 bits per heavy atom. The van der Waals surface area contributed by atoms with Gasteiger partial charge in [0.2, 0.25) is 11.9 Å². The lowest BCUT2D eigenvalue weighted by Gasteiger charge is -2.14. The molecule has 0 spiro atoms. The Hall–Kier alpha value is -3.65. The Kier molecular flexibility index (Phi) is 7.59. The molecule has 2 aromatic carbocycles. The normalized spacial score (nSPS) is 12.8. The van der Waals surface area contributed by atoms with Gasteiger partial charge < -0.3 is 21.3 Å². The third-order valence-corrected chi connectivity index (χ3v) is 5.75. The molecule has 2 amide bonds. The molecule has 2 heterocycles. The molecule has 1 aliphatic rings. The lowest BCUT2D eigenvalue weighted by atomic mass is 10.1. The summed E-state index contributed by atoms with van der Waals surface area (Å²) >= 11 is 6.35. The van der Waals surface area contributed by atoms with Gasteiger partial charge in [0, 0.05) is 24.3 Å². The molecule has 9 heteroatoms. The smallest absolute Gasteiger partial charge is 0.253 e. The van der Waals surface area contributed by atoms with Crippen LogP contribution in [0.2, 0.25) is 5.02 Å². The number of benzene rings is 2. The zero-order valence-corrected chi connectivity index (χ0v) is 19.7. The molecule has 1 aliphatic heterocycles. The van der Waals surface area contributed by atoms with Gasteiger partial charge in [0.05, 0.1) is 17.4 Å². The SMILES string of the molecule is CCCCNC(=O)c1ccccc1Nc1nc(Nc2ccc3c(c2)CCCC(=O)N3)ncc1Cl. The summed E-state index contributed by atoms with van der Waals surface area (Å²) in [5, 5.41) is 12.6. The number of nitrogens with zero attached hydrogens (tertiary/aromatic N) is 2. The number of rotatable bonds is 8. The van der Waals surface area contributed by atoms with E-state index in [1.807, 2.05) is 30.3 Å². The van der Waals surface area contributed by atoms with Crippen LogP contribution in [0.25, 0.3) is 0 Å². The van der Waals surface area contributed by atoms with E-state index in [-0.39, 0.29) is 11.8 Å². The molecule has 1 aromatic heterocycles. The summed E-state index contributed by atoms with van der Waals surface area (Å²) in [5.74, 6) is 0.622. The van der Waals surface area contributed by atoms with Gasteiger partial charge in [0.25, 0.3) is 5.91 Å². The van der Waals surface area contributed by atoms with Crippen LogP contribution in [0.3, 0.4) is 0 Å². The summed E-state index contributed by atoms with van der Waals surface area (Å²) in [7, 11) is 0. The van der Waals surface area contributed by atoms with Crippen molar-refractivity contribution in [3.05, 3.63) is 64.8 Å². The van der Waals surface area contributed by atoms with Crippen molar-refractivity contribution in [2.24, 2.45) is 0 Å². The maximum Gasteiger partial charge on any atom is 0.253 e. The van der Waals surface area contributed by atoms with E-state index in [4.69, 9.17) is 11.6 Å². The first-order valence-corrected chi connectivity index (χ1v) is 11.8. The van der Waals surface area contributed by atoms with Gasteiger partial charge in [0.15, 0.2) is 5.82 Å². The van der Waals surface area contributed by atoms with Crippen molar-refractivity contribution in [2.45, 2.75) is 39.0 Å². The number of nitrogens with one attached hydrogen (secondary N) is 4. The maximum atomic E-state index is 12.6. The Morgan fingerprint density at radius 1 is 1.15 bits per heavy atom. The van der Waals surface area contributed by atoms with Gasteiger partial charge in [-0.3, -0.25) is 9.59 Å². The average molecular weight is 479 g/mol. The molecule has 176 valence electrons. The molecule has 0 bridgehead atoms. The Morgan fingerprint density at radius 2 is 2.00 bits per heavy atom. The van der Waals surface area contributed by atoms with Crippen molar-refractivity contribution in [3.8, 4) is 0 Å². The third-order valence-electron chi connectivity index (χ3n) is 5.47. The van der Waals surface area contributed by atoms with Gasteiger partial charge >= 0.3 is 0 Å². The van der Waals surface area contributed by atoms with E-state index in [1.54, 1.807) is 12.1 Å². The fourth-order valence-corrected chi connectivity index (χ4v) is 3.83. The number of carbonyl (C=O) groups is 2. The van der Waals surface area contributed by atoms with E-state index in [0.717, 1.165) is 42.6 Å². The predicted octanol–water partition coefficient (Wildman–Crippen LogP) is 5.42. The third kappa shape index (κ3) is 5.82. The summed E-state index contributed by atoms with van der Waals surface area (Å²) in [6, 6.07) is 13.0. The fourth-order valence-electron chi connectivity index (χ4n) is 3.69. The lowest BCUT2D eigenvalue weighted by molar-refractivity contribution is -0.116. The molecule has 8 nitrogen and oxygen atoms in total. The largest absolute Gasteiger partial charge is 0.352 e. The zero-order valence-electron chi connectivity index (χ0n) is 19.0. The molecule has 0 aliphatic carbocycles. The second-order valence-electron chi connectivity index (χ2n) is 8.07. The molecule has 34 heavy (non-hydrogen) atoms. The Labute approximate surface area is 203 Å². The van der Waals surface area contributed by atoms with Crippen molar-refractivity contribution >= 4 is 52.2 Å². The van der Waals surface area contributed by atoms with E-state index < -0.39 is 0 Å². The number of anilines is 5. The molecular formula is C25H27ClN6O2. The summed E-state index contributed by atoms with van der Waals surface area (Å²) in [4.78, 5) is 33.2. The predicted molar refractivity (Wildman–Crippen MR) is 135 cm³/mol. The number of aryl methyl sites for hydroxylation is 1. The maximum absolute atomic E-state index is 12.6. The van der Waals surface area contributed by atoms with Crippen LogP contribution in [0.4, 0.5) is 28.8 Å². The van der Waals surface area contributed by atoms with Crippen molar-refractivity contribution in [1.29, 1.82) is 0 Å². The monoisotopic (exact) mass is 478 g/mol.